The Kier molecular flexibility index (Phi) is 6.75. The predicted molar refractivity (Wildman–Crippen MR) is 92.4 cm³/mol. The van der Waals surface area contributed by atoms with Crippen molar-refractivity contribution in [3.63, 3.8) is 0 Å². The molecule has 0 bridgehead atoms. The summed E-state index contributed by atoms with van der Waals surface area (Å²) in [7, 11) is 3.43. The molecule has 0 aliphatic heterocycles. The molecule has 1 N–H and O–H groups in total. The van der Waals surface area contributed by atoms with Gasteiger partial charge in [-0.05, 0) is 31.2 Å². The predicted octanol–water partition coefficient (Wildman–Crippen LogP) is 2.62. The van der Waals surface area contributed by atoms with Crippen LogP contribution in [0, 0.1) is 5.82 Å². The van der Waals surface area contributed by atoms with Gasteiger partial charge in [0.05, 0.1) is 13.7 Å². The Morgan fingerprint density at radius 3 is 2.50 bits per heavy atom. The second-order valence-electron chi connectivity index (χ2n) is 5.68. The minimum atomic E-state index is -0.249. The first-order chi connectivity index (χ1) is 11.6. The highest BCUT2D eigenvalue weighted by Crippen LogP contribution is 2.17. The zero-order chi connectivity index (χ0) is 17.4. The number of halogens is 1. The number of benzene rings is 2. The van der Waals surface area contributed by atoms with Crippen molar-refractivity contribution in [3.05, 3.63) is 65.5 Å². The van der Waals surface area contributed by atoms with E-state index in [0.717, 1.165) is 11.3 Å². The lowest BCUT2D eigenvalue weighted by molar-refractivity contribution is -0.122. The molecule has 2 rings (SSSR count). The van der Waals surface area contributed by atoms with Crippen LogP contribution in [0.5, 0.6) is 5.75 Å². The Hall–Kier alpha value is -2.40. The van der Waals surface area contributed by atoms with Gasteiger partial charge in [0.15, 0.2) is 0 Å². The Morgan fingerprint density at radius 2 is 1.79 bits per heavy atom. The van der Waals surface area contributed by atoms with E-state index in [0.29, 0.717) is 25.1 Å². The quantitative estimate of drug-likeness (QED) is 0.809. The highest BCUT2D eigenvalue weighted by molar-refractivity contribution is 5.77. The van der Waals surface area contributed by atoms with Gasteiger partial charge in [-0.15, -0.1) is 0 Å². The number of ether oxygens (including phenoxy) is 1. The van der Waals surface area contributed by atoms with E-state index >= 15 is 0 Å². The minimum Gasteiger partial charge on any atom is -0.496 e. The van der Waals surface area contributed by atoms with E-state index in [9.17, 15) is 9.18 Å². The summed E-state index contributed by atoms with van der Waals surface area (Å²) in [5, 5.41) is 2.88. The zero-order valence-corrected chi connectivity index (χ0v) is 14.1. The third-order valence-corrected chi connectivity index (χ3v) is 3.72. The van der Waals surface area contributed by atoms with E-state index in [2.05, 4.69) is 5.32 Å². The summed E-state index contributed by atoms with van der Waals surface area (Å²) in [6.07, 6.45) is 0.701. The number of para-hydroxylation sites is 1. The number of nitrogens with zero attached hydrogens (tertiary/aromatic N) is 1. The molecule has 0 saturated carbocycles. The second kappa shape index (κ2) is 9.03. The van der Waals surface area contributed by atoms with Gasteiger partial charge in [-0.2, -0.15) is 0 Å². The van der Waals surface area contributed by atoms with E-state index in [1.54, 1.807) is 37.3 Å². The number of amides is 1. The van der Waals surface area contributed by atoms with Crippen molar-refractivity contribution in [2.75, 3.05) is 27.2 Å². The monoisotopic (exact) mass is 330 g/mol. The normalized spacial score (nSPS) is 10.7. The number of hydrogen-bond donors (Lipinski definition) is 1. The van der Waals surface area contributed by atoms with Gasteiger partial charge in [-0.25, -0.2) is 4.39 Å². The van der Waals surface area contributed by atoms with Gasteiger partial charge < -0.3 is 10.1 Å². The van der Waals surface area contributed by atoms with Crippen LogP contribution in [0.1, 0.15) is 11.1 Å². The average molecular weight is 330 g/mol. The maximum Gasteiger partial charge on any atom is 0.234 e. The van der Waals surface area contributed by atoms with E-state index in [1.165, 1.54) is 6.07 Å². The van der Waals surface area contributed by atoms with Gasteiger partial charge in [0.1, 0.15) is 11.6 Å². The van der Waals surface area contributed by atoms with E-state index < -0.39 is 0 Å². The van der Waals surface area contributed by atoms with Gasteiger partial charge in [0.2, 0.25) is 5.91 Å². The Labute approximate surface area is 142 Å². The maximum absolute atomic E-state index is 13.6. The molecule has 0 saturated heterocycles. The smallest absolute Gasteiger partial charge is 0.234 e. The van der Waals surface area contributed by atoms with Crippen LogP contribution in [0.4, 0.5) is 4.39 Å². The molecule has 0 atom stereocenters. The summed E-state index contributed by atoms with van der Waals surface area (Å²) in [5.41, 5.74) is 1.64. The van der Waals surface area contributed by atoms with Crippen molar-refractivity contribution in [3.8, 4) is 5.75 Å². The summed E-state index contributed by atoms with van der Waals surface area (Å²) in [6.45, 7) is 1.15. The lowest BCUT2D eigenvalue weighted by atomic mass is 10.1. The van der Waals surface area contributed by atoms with Crippen LogP contribution in [0.2, 0.25) is 0 Å². The van der Waals surface area contributed by atoms with Crippen molar-refractivity contribution in [1.82, 2.24) is 10.2 Å². The SMILES string of the molecule is COc1ccccc1CCNC(=O)CN(C)Cc1ccccc1F. The first-order valence-electron chi connectivity index (χ1n) is 7.90. The number of carbonyl (C=O) groups is 1. The number of likely N-dealkylation sites (N-methyl/N-ethyl adjacent to an activating group) is 1. The first kappa shape index (κ1) is 17.9. The van der Waals surface area contributed by atoms with Crippen molar-refractivity contribution >= 4 is 5.91 Å². The van der Waals surface area contributed by atoms with Crippen molar-refractivity contribution in [2.24, 2.45) is 0 Å². The Bertz CT molecular complexity index is 676. The highest BCUT2D eigenvalue weighted by Gasteiger charge is 2.09. The van der Waals surface area contributed by atoms with Crippen molar-refractivity contribution in [1.29, 1.82) is 0 Å². The van der Waals surface area contributed by atoms with Crippen LogP contribution in [0.25, 0.3) is 0 Å². The minimum absolute atomic E-state index is 0.0799. The molecule has 2 aromatic rings. The molecule has 0 radical (unpaired) electrons. The van der Waals surface area contributed by atoms with Crippen LogP contribution >= 0.6 is 0 Å². The summed E-state index contributed by atoms with van der Waals surface area (Å²) < 4.78 is 18.9. The first-order valence-corrected chi connectivity index (χ1v) is 7.90. The average Bonchev–Trinajstić information content (AvgIpc) is 2.57. The van der Waals surface area contributed by atoms with E-state index in [-0.39, 0.29) is 18.3 Å². The largest absolute Gasteiger partial charge is 0.496 e. The van der Waals surface area contributed by atoms with Gasteiger partial charge in [-0.1, -0.05) is 36.4 Å². The van der Waals surface area contributed by atoms with Crippen LogP contribution in [0.3, 0.4) is 0 Å². The summed E-state index contributed by atoms with van der Waals surface area (Å²) in [6, 6.07) is 14.3. The third-order valence-electron chi connectivity index (χ3n) is 3.72. The Balaban J connectivity index is 1.76. The van der Waals surface area contributed by atoms with Crippen LogP contribution in [-0.2, 0) is 17.8 Å². The molecule has 0 aromatic heterocycles. The second-order valence-corrected chi connectivity index (χ2v) is 5.68. The molecule has 1 amide bonds. The molecular formula is C19H23FN2O2. The molecule has 128 valence electrons. The molecule has 0 spiro atoms. The molecule has 0 fully saturated rings. The summed E-state index contributed by atoms with van der Waals surface area (Å²) in [5.74, 6) is 0.494. The van der Waals surface area contributed by atoms with Gasteiger partial charge in [0.25, 0.3) is 0 Å². The molecule has 0 unspecified atom stereocenters. The summed E-state index contributed by atoms with van der Waals surface area (Å²) >= 11 is 0. The van der Waals surface area contributed by atoms with E-state index in [4.69, 9.17) is 4.74 Å². The fourth-order valence-electron chi connectivity index (χ4n) is 2.52. The lowest BCUT2D eigenvalue weighted by Gasteiger charge is -2.17. The number of methoxy groups -OCH3 is 1. The number of nitrogens with one attached hydrogen (secondary N) is 1. The van der Waals surface area contributed by atoms with Gasteiger partial charge in [-0.3, -0.25) is 9.69 Å². The van der Waals surface area contributed by atoms with Crippen LogP contribution in [-0.4, -0.2) is 38.1 Å². The number of rotatable bonds is 8. The van der Waals surface area contributed by atoms with Crippen LogP contribution in [0.15, 0.2) is 48.5 Å². The molecule has 0 heterocycles. The zero-order valence-electron chi connectivity index (χ0n) is 14.1. The molecule has 4 nitrogen and oxygen atoms in total. The maximum atomic E-state index is 13.6. The number of carbonyl (C=O) groups excluding carboxylic acids is 1. The van der Waals surface area contributed by atoms with E-state index in [1.807, 2.05) is 24.3 Å². The third kappa shape index (κ3) is 5.35. The van der Waals surface area contributed by atoms with Gasteiger partial charge >= 0.3 is 0 Å². The Morgan fingerprint density at radius 1 is 1.12 bits per heavy atom. The van der Waals surface area contributed by atoms with Gasteiger partial charge in [0, 0.05) is 18.7 Å². The molecule has 2 aromatic carbocycles. The molecular weight excluding hydrogens is 307 g/mol. The molecule has 24 heavy (non-hydrogen) atoms. The fourth-order valence-corrected chi connectivity index (χ4v) is 2.52. The number of hydrogen-bond acceptors (Lipinski definition) is 3. The highest BCUT2D eigenvalue weighted by atomic mass is 19.1. The van der Waals surface area contributed by atoms with Crippen molar-refractivity contribution in [2.45, 2.75) is 13.0 Å². The van der Waals surface area contributed by atoms with Crippen LogP contribution < -0.4 is 10.1 Å². The van der Waals surface area contributed by atoms with Crippen molar-refractivity contribution < 1.29 is 13.9 Å². The standard InChI is InChI=1S/C19H23FN2O2/c1-22(13-16-8-3-5-9-17(16)20)14-19(23)21-12-11-15-7-4-6-10-18(15)24-2/h3-10H,11-14H2,1-2H3,(H,21,23). The summed E-state index contributed by atoms with van der Waals surface area (Å²) in [4.78, 5) is 13.8. The lowest BCUT2D eigenvalue weighted by Crippen LogP contribution is -2.36. The topological polar surface area (TPSA) is 41.6 Å². The molecule has 0 aliphatic rings. The molecule has 0 aliphatic carbocycles. The fraction of sp³-hybridized carbons (Fsp3) is 0.316. The molecule has 5 heteroatoms.